The molecule has 28 heavy (non-hydrogen) atoms. The summed E-state index contributed by atoms with van der Waals surface area (Å²) < 4.78 is 12.9. The SMILES string of the molecule is CSCc1cccc(C(=O)N2CCN(CC(=O)Nc3ccc(F)cc3)CC2)c1. The molecule has 2 aromatic carbocycles. The lowest BCUT2D eigenvalue weighted by atomic mass is 10.1. The van der Waals surface area contributed by atoms with E-state index in [-0.39, 0.29) is 24.2 Å². The number of carbonyl (C=O) groups excluding carboxylic acids is 2. The second-order valence-corrected chi connectivity index (χ2v) is 7.62. The van der Waals surface area contributed by atoms with Crippen LogP contribution in [0.25, 0.3) is 0 Å². The van der Waals surface area contributed by atoms with E-state index in [2.05, 4.69) is 5.32 Å². The van der Waals surface area contributed by atoms with E-state index in [0.29, 0.717) is 37.4 Å². The number of hydrogen-bond acceptors (Lipinski definition) is 4. The Kier molecular flexibility index (Phi) is 7.06. The number of anilines is 1. The summed E-state index contributed by atoms with van der Waals surface area (Å²) in [6, 6.07) is 13.5. The molecule has 148 valence electrons. The van der Waals surface area contributed by atoms with Crippen molar-refractivity contribution in [2.75, 3.05) is 44.3 Å². The molecule has 1 aliphatic rings. The van der Waals surface area contributed by atoms with Gasteiger partial charge in [0.1, 0.15) is 5.82 Å². The fourth-order valence-electron chi connectivity index (χ4n) is 3.19. The first-order chi connectivity index (χ1) is 13.5. The van der Waals surface area contributed by atoms with Crippen molar-refractivity contribution in [3.05, 3.63) is 65.5 Å². The van der Waals surface area contributed by atoms with Crippen LogP contribution in [-0.2, 0) is 10.5 Å². The Bertz CT molecular complexity index is 821. The molecule has 1 fully saturated rings. The van der Waals surface area contributed by atoms with E-state index in [1.807, 2.05) is 40.3 Å². The Balaban J connectivity index is 1.48. The van der Waals surface area contributed by atoms with Gasteiger partial charge in [-0.2, -0.15) is 11.8 Å². The van der Waals surface area contributed by atoms with Crippen molar-refractivity contribution >= 4 is 29.3 Å². The van der Waals surface area contributed by atoms with Crippen LogP contribution in [0.1, 0.15) is 15.9 Å². The van der Waals surface area contributed by atoms with Crippen LogP contribution >= 0.6 is 11.8 Å². The van der Waals surface area contributed by atoms with Gasteiger partial charge in [-0.05, 0) is 48.2 Å². The lowest BCUT2D eigenvalue weighted by Crippen LogP contribution is -2.50. The van der Waals surface area contributed by atoms with E-state index in [0.717, 1.165) is 11.3 Å². The number of thioether (sulfide) groups is 1. The summed E-state index contributed by atoms with van der Waals surface area (Å²) in [4.78, 5) is 28.8. The molecule has 0 aliphatic carbocycles. The first kappa shape index (κ1) is 20.4. The van der Waals surface area contributed by atoms with Gasteiger partial charge in [0.05, 0.1) is 6.54 Å². The molecule has 5 nitrogen and oxygen atoms in total. The number of rotatable bonds is 6. The highest BCUT2D eigenvalue weighted by atomic mass is 32.2. The molecule has 0 saturated carbocycles. The van der Waals surface area contributed by atoms with Crippen LogP contribution in [0.4, 0.5) is 10.1 Å². The van der Waals surface area contributed by atoms with Crippen LogP contribution < -0.4 is 5.32 Å². The smallest absolute Gasteiger partial charge is 0.253 e. The Morgan fingerprint density at radius 3 is 2.46 bits per heavy atom. The molecule has 2 amide bonds. The molecule has 0 bridgehead atoms. The summed E-state index contributed by atoms with van der Waals surface area (Å²) in [7, 11) is 0. The van der Waals surface area contributed by atoms with E-state index in [4.69, 9.17) is 0 Å². The molecule has 0 unspecified atom stereocenters. The van der Waals surface area contributed by atoms with Gasteiger partial charge in [-0.3, -0.25) is 14.5 Å². The fourth-order valence-corrected chi connectivity index (χ4v) is 3.70. The molecular formula is C21H24FN3O2S. The molecule has 1 N–H and O–H groups in total. The lowest BCUT2D eigenvalue weighted by molar-refractivity contribution is -0.117. The standard InChI is InChI=1S/C21H24FN3O2S/c1-28-15-16-3-2-4-17(13-16)21(27)25-11-9-24(10-12-25)14-20(26)23-19-7-5-18(22)6-8-19/h2-8,13H,9-12,14-15H2,1H3,(H,23,26). The highest BCUT2D eigenvalue weighted by molar-refractivity contribution is 7.97. The first-order valence-electron chi connectivity index (χ1n) is 9.20. The van der Waals surface area contributed by atoms with E-state index in [1.54, 1.807) is 11.8 Å². The lowest BCUT2D eigenvalue weighted by Gasteiger charge is -2.34. The van der Waals surface area contributed by atoms with Crippen molar-refractivity contribution in [1.82, 2.24) is 9.80 Å². The number of nitrogens with zero attached hydrogens (tertiary/aromatic N) is 2. The summed E-state index contributed by atoms with van der Waals surface area (Å²) in [5, 5.41) is 2.76. The molecule has 0 atom stereocenters. The summed E-state index contributed by atoms with van der Waals surface area (Å²) in [6.45, 7) is 2.73. The summed E-state index contributed by atoms with van der Waals surface area (Å²) in [5.41, 5.74) is 2.44. The summed E-state index contributed by atoms with van der Waals surface area (Å²) in [6.07, 6.45) is 2.04. The fraction of sp³-hybridized carbons (Fsp3) is 0.333. The van der Waals surface area contributed by atoms with Crippen molar-refractivity contribution in [3.63, 3.8) is 0 Å². The Morgan fingerprint density at radius 1 is 1.07 bits per heavy atom. The second-order valence-electron chi connectivity index (χ2n) is 6.76. The van der Waals surface area contributed by atoms with Gasteiger partial charge in [-0.25, -0.2) is 4.39 Å². The van der Waals surface area contributed by atoms with E-state index >= 15 is 0 Å². The van der Waals surface area contributed by atoms with Gasteiger partial charge in [0, 0.05) is 43.2 Å². The van der Waals surface area contributed by atoms with Crippen LogP contribution in [0.2, 0.25) is 0 Å². The molecule has 1 heterocycles. The van der Waals surface area contributed by atoms with Gasteiger partial charge in [-0.1, -0.05) is 12.1 Å². The number of piperazine rings is 1. The number of carbonyl (C=O) groups is 2. The first-order valence-corrected chi connectivity index (χ1v) is 10.6. The summed E-state index contributed by atoms with van der Waals surface area (Å²) in [5.74, 6) is 0.449. The predicted molar refractivity (Wildman–Crippen MR) is 111 cm³/mol. The van der Waals surface area contributed by atoms with Crippen LogP contribution in [-0.4, -0.2) is 60.6 Å². The maximum atomic E-state index is 12.9. The quantitative estimate of drug-likeness (QED) is 0.808. The van der Waals surface area contributed by atoms with Gasteiger partial charge in [-0.15, -0.1) is 0 Å². The maximum Gasteiger partial charge on any atom is 0.253 e. The molecule has 1 aliphatic heterocycles. The minimum Gasteiger partial charge on any atom is -0.336 e. The average Bonchev–Trinajstić information content (AvgIpc) is 2.70. The molecule has 7 heteroatoms. The zero-order valence-electron chi connectivity index (χ0n) is 15.9. The van der Waals surface area contributed by atoms with E-state index < -0.39 is 0 Å². The van der Waals surface area contributed by atoms with Gasteiger partial charge < -0.3 is 10.2 Å². The normalized spacial score (nSPS) is 14.7. The summed E-state index contributed by atoms with van der Waals surface area (Å²) >= 11 is 1.73. The highest BCUT2D eigenvalue weighted by Crippen LogP contribution is 2.15. The molecule has 0 radical (unpaired) electrons. The van der Waals surface area contributed by atoms with Crippen molar-refractivity contribution in [2.24, 2.45) is 0 Å². The van der Waals surface area contributed by atoms with Gasteiger partial charge in [0.25, 0.3) is 5.91 Å². The average molecular weight is 402 g/mol. The molecule has 0 aromatic heterocycles. The maximum absolute atomic E-state index is 12.9. The molecule has 1 saturated heterocycles. The minimum absolute atomic E-state index is 0.0402. The number of amides is 2. The number of hydrogen-bond donors (Lipinski definition) is 1. The zero-order chi connectivity index (χ0) is 19.9. The van der Waals surface area contributed by atoms with Gasteiger partial charge in [0.15, 0.2) is 0 Å². The van der Waals surface area contributed by atoms with Crippen molar-refractivity contribution in [2.45, 2.75) is 5.75 Å². The predicted octanol–water partition coefficient (Wildman–Crippen LogP) is 3.09. The number of halogens is 1. The van der Waals surface area contributed by atoms with E-state index in [1.165, 1.54) is 24.3 Å². The molecule has 2 aromatic rings. The van der Waals surface area contributed by atoms with Crippen molar-refractivity contribution in [1.29, 1.82) is 0 Å². The Labute approximate surface area is 168 Å². The largest absolute Gasteiger partial charge is 0.336 e. The van der Waals surface area contributed by atoms with Crippen molar-refractivity contribution in [3.8, 4) is 0 Å². The monoisotopic (exact) mass is 401 g/mol. The van der Waals surface area contributed by atoms with Gasteiger partial charge in [0.2, 0.25) is 5.91 Å². The van der Waals surface area contributed by atoms with Crippen LogP contribution in [0, 0.1) is 5.82 Å². The number of benzene rings is 2. The van der Waals surface area contributed by atoms with Crippen LogP contribution in [0.15, 0.2) is 48.5 Å². The van der Waals surface area contributed by atoms with Gasteiger partial charge >= 0.3 is 0 Å². The third kappa shape index (κ3) is 5.56. The van der Waals surface area contributed by atoms with Crippen LogP contribution in [0.3, 0.4) is 0 Å². The topological polar surface area (TPSA) is 52.7 Å². The molecule has 0 spiro atoms. The zero-order valence-corrected chi connectivity index (χ0v) is 16.7. The van der Waals surface area contributed by atoms with E-state index in [9.17, 15) is 14.0 Å². The number of nitrogens with one attached hydrogen (secondary N) is 1. The molecular weight excluding hydrogens is 377 g/mol. The molecule has 3 rings (SSSR count). The highest BCUT2D eigenvalue weighted by Gasteiger charge is 2.23. The third-order valence-electron chi connectivity index (χ3n) is 4.64. The van der Waals surface area contributed by atoms with Crippen molar-refractivity contribution < 1.29 is 14.0 Å². The van der Waals surface area contributed by atoms with Crippen LogP contribution in [0.5, 0.6) is 0 Å². The second kappa shape index (κ2) is 9.71. The minimum atomic E-state index is -0.335. The third-order valence-corrected chi connectivity index (χ3v) is 5.26. The Hall–Kier alpha value is -2.38. The Morgan fingerprint density at radius 2 is 1.79 bits per heavy atom.